The van der Waals surface area contributed by atoms with E-state index in [2.05, 4.69) is 15.5 Å². The van der Waals surface area contributed by atoms with Gasteiger partial charge in [0.1, 0.15) is 11.5 Å². The van der Waals surface area contributed by atoms with Crippen molar-refractivity contribution in [2.24, 2.45) is 5.10 Å². The Morgan fingerprint density at radius 3 is 2.26 bits per heavy atom. The Balaban J connectivity index is 2.26. The van der Waals surface area contributed by atoms with E-state index in [9.17, 15) is 19.8 Å². The van der Waals surface area contributed by atoms with Gasteiger partial charge < -0.3 is 10.2 Å². The second kappa shape index (κ2) is 6.69. The molecule has 7 heteroatoms. The number of rotatable bonds is 4. The van der Waals surface area contributed by atoms with Crippen molar-refractivity contribution in [2.45, 2.75) is 13.8 Å². The SMILES string of the molecule is CC(=O)c1cc(/C(C)=N/NC(=O)c2ccncc2)c(O)cc1O. The van der Waals surface area contributed by atoms with Gasteiger partial charge in [-0.25, -0.2) is 5.43 Å². The van der Waals surface area contributed by atoms with Crippen LogP contribution in [0.3, 0.4) is 0 Å². The lowest BCUT2D eigenvalue weighted by molar-refractivity contribution is 0.0953. The van der Waals surface area contributed by atoms with Crippen LogP contribution in [0.15, 0.2) is 41.8 Å². The fourth-order valence-corrected chi connectivity index (χ4v) is 1.91. The standard InChI is InChI=1S/C16H15N3O4/c1-9(18-19-16(23)11-3-5-17-6-4-11)12-7-13(10(2)20)15(22)8-14(12)21/h3-8,21-22H,1-2H3,(H,19,23)/b18-9+. The Morgan fingerprint density at radius 1 is 1.04 bits per heavy atom. The van der Waals surface area contributed by atoms with Crippen LogP contribution in [-0.4, -0.2) is 32.6 Å². The van der Waals surface area contributed by atoms with Gasteiger partial charge in [0.15, 0.2) is 5.78 Å². The highest BCUT2D eigenvalue weighted by Crippen LogP contribution is 2.28. The van der Waals surface area contributed by atoms with E-state index in [0.29, 0.717) is 5.56 Å². The van der Waals surface area contributed by atoms with Gasteiger partial charge in [-0.2, -0.15) is 5.10 Å². The molecule has 2 rings (SSSR count). The van der Waals surface area contributed by atoms with Crippen molar-refractivity contribution < 1.29 is 19.8 Å². The Labute approximate surface area is 132 Å². The molecule has 118 valence electrons. The van der Waals surface area contributed by atoms with Gasteiger partial charge in [-0.05, 0) is 32.0 Å². The van der Waals surface area contributed by atoms with Crippen molar-refractivity contribution in [1.29, 1.82) is 0 Å². The number of hydrazone groups is 1. The molecule has 1 amide bonds. The number of Topliss-reactive ketones (excluding diaryl/α,β-unsaturated/α-hetero) is 1. The minimum absolute atomic E-state index is 0.0628. The Morgan fingerprint density at radius 2 is 1.65 bits per heavy atom. The van der Waals surface area contributed by atoms with Crippen LogP contribution in [0.1, 0.15) is 40.1 Å². The summed E-state index contributed by atoms with van der Waals surface area (Å²) in [5.41, 5.74) is 3.32. The first-order valence-corrected chi connectivity index (χ1v) is 6.72. The zero-order valence-corrected chi connectivity index (χ0v) is 12.6. The van der Waals surface area contributed by atoms with Gasteiger partial charge in [-0.3, -0.25) is 14.6 Å². The number of pyridine rings is 1. The number of hydrogen-bond acceptors (Lipinski definition) is 6. The van der Waals surface area contributed by atoms with Gasteiger partial charge in [0.05, 0.1) is 11.3 Å². The lowest BCUT2D eigenvalue weighted by atomic mass is 10.0. The molecular formula is C16H15N3O4. The van der Waals surface area contributed by atoms with E-state index in [-0.39, 0.29) is 34.1 Å². The monoisotopic (exact) mass is 313 g/mol. The van der Waals surface area contributed by atoms with Gasteiger partial charge in [-0.1, -0.05) is 0 Å². The first-order valence-electron chi connectivity index (χ1n) is 6.72. The third-order valence-electron chi connectivity index (χ3n) is 3.15. The van der Waals surface area contributed by atoms with E-state index in [1.165, 1.54) is 37.5 Å². The highest BCUT2D eigenvalue weighted by molar-refractivity contribution is 6.06. The number of aromatic nitrogens is 1. The van der Waals surface area contributed by atoms with Crippen molar-refractivity contribution >= 4 is 17.4 Å². The molecule has 0 bridgehead atoms. The van der Waals surface area contributed by atoms with Crippen LogP contribution in [-0.2, 0) is 0 Å². The molecular weight excluding hydrogens is 298 g/mol. The average Bonchev–Trinajstić information content (AvgIpc) is 2.52. The number of phenols is 2. The van der Waals surface area contributed by atoms with Crippen LogP contribution in [0.2, 0.25) is 0 Å². The van der Waals surface area contributed by atoms with E-state index in [4.69, 9.17) is 0 Å². The maximum absolute atomic E-state index is 11.9. The molecule has 3 N–H and O–H groups in total. The summed E-state index contributed by atoms with van der Waals surface area (Å²) >= 11 is 0. The number of benzene rings is 1. The summed E-state index contributed by atoms with van der Waals surface area (Å²) in [6.45, 7) is 2.86. The van der Waals surface area contributed by atoms with Gasteiger partial charge >= 0.3 is 0 Å². The second-order valence-electron chi connectivity index (χ2n) is 4.82. The van der Waals surface area contributed by atoms with Crippen molar-refractivity contribution in [1.82, 2.24) is 10.4 Å². The third-order valence-corrected chi connectivity index (χ3v) is 3.15. The number of ketones is 1. The number of hydrogen-bond donors (Lipinski definition) is 3. The van der Waals surface area contributed by atoms with Crippen molar-refractivity contribution in [2.75, 3.05) is 0 Å². The molecule has 0 spiro atoms. The summed E-state index contributed by atoms with van der Waals surface area (Å²) in [6, 6.07) is 5.46. The summed E-state index contributed by atoms with van der Waals surface area (Å²) in [4.78, 5) is 27.2. The van der Waals surface area contributed by atoms with Gasteiger partial charge in [-0.15, -0.1) is 0 Å². The zero-order chi connectivity index (χ0) is 17.0. The van der Waals surface area contributed by atoms with Crippen LogP contribution in [0.5, 0.6) is 11.5 Å². The van der Waals surface area contributed by atoms with Gasteiger partial charge in [0, 0.05) is 29.6 Å². The zero-order valence-electron chi connectivity index (χ0n) is 12.6. The van der Waals surface area contributed by atoms with Crippen molar-refractivity contribution in [3.63, 3.8) is 0 Å². The number of carbonyl (C=O) groups is 2. The number of nitrogens with one attached hydrogen (secondary N) is 1. The molecule has 0 fully saturated rings. The van der Waals surface area contributed by atoms with E-state index in [1.54, 1.807) is 6.92 Å². The Hall–Kier alpha value is -3.22. The predicted octanol–water partition coefficient (Wildman–Crippen LogP) is 1.85. The average molecular weight is 313 g/mol. The molecule has 0 saturated heterocycles. The number of carbonyl (C=O) groups excluding carboxylic acids is 2. The lowest BCUT2D eigenvalue weighted by Gasteiger charge is -2.08. The van der Waals surface area contributed by atoms with Crippen LogP contribution in [0.25, 0.3) is 0 Å². The maximum Gasteiger partial charge on any atom is 0.271 e. The molecule has 0 aliphatic carbocycles. The minimum Gasteiger partial charge on any atom is -0.507 e. The van der Waals surface area contributed by atoms with Crippen molar-refractivity contribution in [3.8, 4) is 11.5 Å². The first kappa shape index (κ1) is 16.2. The number of phenolic OH excluding ortho intramolecular Hbond substituents is 2. The third kappa shape index (κ3) is 3.70. The summed E-state index contributed by atoms with van der Waals surface area (Å²) in [7, 11) is 0. The summed E-state index contributed by atoms with van der Waals surface area (Å²) < 4.78 is 0. The smallest absolute Gasteiger partial charge is 0.271 e. The van der Waals surface area contributed by atoms with Crippen molar-refractivity contribution in [3.05, 3.63) is 53.3 Å². The largest absolute Gasteiger partial charge is 0.507 e. The van der Waals surface area contributed by atoms with Crippen LogP contribution >= 0.6 is 0 Å². The predicted molar refractivity (Wildman–Crippen MR) is 83.7 cm³/mol. The van der Waals surface area contributed by atoms with E-state index in [1.807, 2.05) is 0 Å². The highest BCUT2D eigenvalue weighted by atomic mass is 16.3. The normalized spacial score (nSPS) is 11.1. The maximum atomic E-state index is 11.9. The Kier molecular flexibility index (Phi) is 4.70. The fraction of sp³-hybridized carbons (Fsp3) is 0.125. The highest BCUT2D eigenvalue weighted by Gasteiger charge is 2.14. The van der Waals surface area contributed by atoms with Gasteiger partial charge in [0.25, 0.3) is 5.91 Å². The number of aromatic hydroxyl groups is 2. The topological polar surface area (TPSA) is 112 Å². The second-order valence-corrected chi connectivity index (χ2v) is 4.82. The van der Waals surface area contributed by atoms with Crippen LogP contribution < -0.4 is 5.43 Å². The molecule has 23 heavy (non-hydrogen) atoms. The van der Waals surface area contributed by atoms with Crippen LogP contribution in [0, 0.1) is 0 Å². The molecule has 0 atom stereocenters. The molecule has 7 nitrogen and oxygen atoms in total. The summed E-state index contributed by atoms with van der Waals surface area (Å²) in [6.07, 6.45) is 2.97. The summed E-state index contributed by atoms with van der Waals surface area (Å²) in [5, 5.41) is 23.4. The van der Waals surface area contributed by atoms with Gasteiger partial charge in [0.2, 0.25) is 0 Å². The molecule has 0 aliphatic heterocycles. The quantitative estimate of drug-likeness (QED) is 0.453. The van der Waals surface area contributed by atoms with E-state index < -0.39 is 5.91 Å². The molecule has 1 aromatic heterocycles. The molecule has 2 aromatic rings. The number of nitrogens with zero attached hydrogens (tertiary/aromatic N) is 2. The molecule has 0 unspecified atom stereocenters. The summed E-state index contributed by atoms with van der Waals surface area (Å²) in [5.74, 6) is -1.34. The molecule has 1 aromatic carbocycles. The minimum atomic E-state index is -0.434. The molecule has 0 radical (unpaired) electrons. The lowest BCUT2D eigenvalue weighted by Crippen LogP contribution is -2.19. The fourth-order valence-electron chi connectivity index (χ4n) is 1.91. The first-order chi connectivity index (χ1) is 10.9. The molecule has 1 heterocycles. The van der Waals surface area contributed by atoms with E-state index >= 15 is 0 Å². The molecule has 0 aliphatic rings. The van der Waals surface area contributed by atoms with E-state index in [0.717, 1.165) is 6.07 Å². The molecule has 0 saturated carbocycles. The van der Waals surface area contributed by atoms with Crippen LogP contribution in [0.4, 0.5) is 0 Å². The Bertz CT molecular complexity index is 785. The number of amides is 1.